The second-order valence-corrected chi connectivity index (χ2v) is 6.28. The van der Waals surface area contributed by atoms with Crippen LogP contribution < -0.4 is 14.8 Å². The summed E-state index contributed by atoms with van der Waals surface area (Å²) in [5, 5.41) is 14.1. The van der Waals surface area contributed by atoms with E-state index in [2.05, 4.69) is 11.4 Å². The van der Waals surface area contributed by atoms with Crippen LogP contribution in [-0.4, -0.2) is 37.9 Å². The molecule has 0 saturated carbocycles. The lowest BCUT2D eigenvalue weighted by atomic mass is 10.00. The van der Waals surface area contributed by atoms with Crippen LogP contribution in [0.3, 0.4) is 0 Å². The van der Waals surface area contributed by atoms with Crippen LogP contribution in [0.4, 0.5) is 0 Å². The molecule has 0 unspecified atom stereocenters. The van der Waals surface area contributed by atoms with Gasteiger partial charge in [-0.2, -0.15) is 0 Å². The van der Waals surface area contributed by atoms with Crippen LogP contribution in [-0.2, 0) is 4.79 Å². The average molecular weight is 349 g/mol. The second-order valence-electron chi connectivity index (χ2n) is 5.30. The van der Waals surface area contributed by atoms with E-state index in [9.17, 15) is 9.90 Å². The third kappa shape index (κ3) is 5.54. The molecule has 1 amide bonds. The summed E-state index contributed by atoms with van der Waals surface area (Å²) in [6.45, 7) is 0.647. The first kappa shape index (κ1) is 18.3. The van der Waals surface area contributed by atoms with Crippen LogP contribution in [0.15, 0.2) is 41.8 Å². The van der Waals surface area contributed by atoms with Crippen LogP contribution in [0.1, 0.15) is 23.6 Å². The van der Waals surface area contributed by atoms with E-state index in [0.29, 0.717) is 24.5 Å². The Morgan fingerprint density at radius 3 is 2.67 bits per heavy atom. The number of carbonyl (C=O) groups excluding carboxylic acids is 1. The number of ether oxygens (including phenoxy) is 2. The zero-order valence-corrected chi connectivity index (χ0v) is 14.6. The SMILES string of the molecule is COc1ccccc1OCC(=O)NCC[C@H](CCO)c1cccs1. The monoisotopic (exact) mass is 349 g/mol. The third-order valence-corrected chi connectivity index (χ3v) is 4.70. The molecule has 1 aromatic carbocycles. The molecule has 2 rings (SSSR count). The highest BCUT2D eigenvalue weighted by Crippen LogP contribution is 2.27. The van der Waals surface area contributed by atoms with E-state index in [-0.39, 0.29) is 25.0 Å². The Morgan fingerprint density at radius 1 is 1.21 bits per heavy atom. The van der Waals surface area contributed by atoms with Gasteiger partial charge in [-0.3, -0.25) is 4.79 Å². The lowest BCUT2D eigenvalue weighted by molar-refractivity contribution is -0.123. The van der Waals surface area contributed by atoms with Gasteiger partial charge in [0.1, 0.15) is 0 Å². The quantitative estimate of drug-likeness (QED) is 0.692. The largest absolute Gasteiger partial charge is 0.493 e. The number of rotatable bonds is 10. The molecule has 0 aliphatic heterocycles. The molecular weight excluding hydrogens is 326 g/mol. The van der Waals surface area contributed by atoms with Crippen molar-refractivity contribution < 1.29 is 19.4 Å². The molecule has 5 nitrogen and oxygen atoms in total. The average Bonchev–Trinajstić information content (AvgIpc) is 3.14. The Bertz CT molecular complexity index is 615. The Balaban J connectivity index is 1.74. The van der Waals surface area contributed by atoms with Gasteiger partial charge in [0.2, 0.25) is 0 Å². The fourth-order valence-electron chi connectivity index (χ4n) is 2.43. The highest BCUT2D eigenvalue weighted by atomic mass is 32.1. The number of hydrogen-bond acceptors (Lipinski definition) is 5. The predicted octanol–water partition coefficient (Wildman–Crippen LogP) is 2.81. The van der Waals surface area contributed by atoms with Crippen molar-refractivity contribution in [3.8, 4) is 11.5 Å². The Labute approximate surface area is 146 Å². The fourth-order valence-corrected chi connectivity index (χ4v) is 3.33. The van der Waals surface area contributed by atoms with Crippen molar-refractivity contribution in [3.63, 3.8) is 0 Å². The van der Waals surface area contributed by atoms with Gasteiger partial charge in [-0.15, -0.1) is 11.3 Å². The fraction of sp³-hybridized carbons (Fsp3) is 0.389. The number of nitrogens with one attached hydrogen (secondary N) is 1. The normalized spacial score (nSPS) is 11.8. The smallest absolute Gasteiger partial charge is 0.257 e. The molecule has 0 radical (unpaired) electrons. The van der Waals surface area contributed by atoms with Crippen molar-refractivity contribution in [2.45, 2.75) is 18.8 Å². The number of aliphatic hydroxyl groups is 1. The molecule has 1 aromatic heterocycles. The Kier molecular flexibility index (Phi) is 7.58. The summed E-state index contributed by atoms with van der Waals surface area (Å²) in [6.07, 6.45) is 1.50. The predicted molar refractivity (Wildman–Crippen MR) is 94.9 cm³/mol. The molecule has 0 bridgehead atoms. The standard InChI is InChI=1S/C18H23NO4S/c1-22-15-5-2-3-6-16(15)23-13-18(21)19-10-8-14(9-11-20)17-7-4-12-24-17/h2-7,12,14,20H,8-11,13H2,1H3,(H,19,21)/t14-/m1/s1. The van der Waals surface area contributed by atoms with E-state index in [1.54, 1.807) is 30.6 Å². The summed E-state index contributed by atoms with van der Waals surface area (Å²) in [5.41, 5.74) is 0. The van der Waals surface area contributed by atoms with Crippen molar-refractivity contribution in [1.29, 1.82) is 0 Å². The summed E-state index contributed by atoms with van der Waals surface area (Å²) < 4.78 is 10.7. The molecule has 24 heavy (non-hydrogen) atoms. The molecular formula is C18H23NO4S. The van der Waals surface area contributed by atoms with Crippen molar-refractivity contribution in [1.82, 2.24) is 5.32 Å². The molecule has 0 saturated heterocycles. The number of aliphatic hydroxyl groups excluding tert-OH is 1. The molecule has 2 aromatic rings. The minimum atomic E-state index is -0.171. The van der Waals surface area contributed by atoms with Gasteiger partial charge in [0.05, 0.1) is 7.11 Å². The van der Waals surface area contributed by atoms with Crippen LogP contribution >= 0.6 is 11.3 Å². The number of thiophene rings is 1. The maximum absolute atomic E-state index is 11.9. The van der Waals surface area contributed by atoms with Crippen molar-refractivity contribution in [2.24, 2.45) is 0 Å². The Morgan fingerprint density at radius 2 is 2.00 bits per heavy atom. The summed E-state index contributed by atoms with van der Waals surface area (Å²) in [4.78, 5) is 13.2. The number of benzene rings is 1. The highest BCUT2D eigenvalue weighted by molar-refractivity contribution is 7.10. The zero-order chi connectivity index (χ0) is 17.2. The van der Waals surface area contributed by atoms with Crippen LogP contribution in [0, 0.1) is 0 Å². The minimum Gasteiger partial charge on any atom is -0.493 e. The van der Waals surface area contributed by atoms with Crippen LogP contribution in [0.5, 0.6) is 11.5 Å². The maximum atomic E-state index is 11.9. The number of hydrogen-bond donors (Lipinski definition) is 2. The van der Waals surface area contributed by atoms with Gasteiger partial charge < -0.3 is 19.9 Å². The maximum Gasteiger partial charge on any atom is 0.257 e. The summed E-state index contributed by atoms with van der Waals surface area (Å²) >= 11 is 1.68. The van der Waals surface area contributed by atoms with E-state index in [1.165, 1.54) is 4.88 Å². The van der Waals surface area contributed by atoms with Gasteiger partial charge in [0, 0.05) is 18.0 Å². The van der Waals surface area contributed by atoms with Crippen LogP contribution in [0.2, 0.25) is 0 Å². The molecule has 1 atom stereocenters. The lowest BCUT2D eigenvalue weighted by Crippen LogP contribution is -2.30. The van der Waals surface area contributed by atoms with Crippen molar-refractivity contribution in [2.75, 3.05) is 26.9 Å². The summed E-state index contributed by atoms with van der Waals surface area (Å²) in [5.74, 6) is 1.25. The Hall–Kier alpha value is -2.05. The number of carbonyl (C=O) groups is 1. The van der Waals surface area contributed by atoms with E-state index in [0.717, 1.165) is 6.42 Å². The zero-order valence-electron chi connectivity index (χ0n) is 13.7. The van der Waals surface area contributed by atoms with Gasteiger partial charge in [-0.05, 0) is 42.3 Å². The first-order chi connectivity index (χ1) is 11.7. The molecule has 130 valence electrons. The van der Waals surface area contributed by atoms with E-state index in [4.69, 9.17) is 9.47 Å². The number of methoxy groups -OCH3 is 1. The molecule has 2 N–H and O–H groups in total. The molecule has 0 spiro atoms. The van der Waals surface area contributed by atoms with Gasteiger partial charge in [-0.1, -0.05) is 18.2 Å². The van der Waals surface area contributed by atoms with Gasteiger partial charge in [-0.25, -0.2) is 0 Å². The van der Waals surface area contributed by atoms with Crippen LogP contribution in [0.25, 0.3) is 0 Å². The van der Waals surface area contributed by atoms with Crippen molar-refractivity contribution in [3.05, 3.63) is 46.7 Å². The van der Waals surface area contributed by atoms with Crippen molar-refractivity contribution >= 4 is 17.2 Å². The number of amides is 1. The highest BCUT2D eigenvalue weighted by Gasteiger charge is 2.13. The topological polar surface area (TPSA) is 67.8 Å². The molecule has 0 aliphatic rings. The minimum absolute atomic E-state index is 0.0515. The van der Waals surface area contributed by atoms with E-state index in [1.807, 2.05) is 23.6 Å². The third-order valence-electron chi connectivity index (χ3n) is 3.67. The number of para-hydroxylation sites is 2. The van der Waals surface area contributed by atoms with Gasteiger partial charge in [0.15, 0.2) is 18.1 Å². The van der Waals surface area contributed by atoms with Gasteiger partial charge in [0.25, 0.3) is 5.91 Å². The summed E-state index contributed by atoms with van der Waals surface area (Å²) in [6, 6.07) is 11.3. The lowest BCUT2D eigenvalue weighted by Gasteiger charge is -2.15. The molecule has 1 heterocycles. The summed E-state index contributed by atoms with van der Waals surface area (Å²) in [7, 11) is 1.56. The van der Waals surface area contributed by atoms with E-state index >= 15 is 0 Å². The molecule has 6 heteroatoms. The first-order valence-electron chi connectivity index (χ1n) is 7.91. The molecule has 0 aliphatic carbocycles. The molecule has 0 fully saturated rings. The van der Waals surface area contributed by atoms with Gasteiger partial charge >= 0.3 is 0 Å². The second kappa shape index (κ2) is 9.95. The first-order valence-corrected chi connectivity index (χ1v) is 8.79. The van der Waals surface area contributed by atoms with E-state index < -0.39 is 0 Å².